The number of fused-ring (bicyclic) bond motifs is 2. The summed E-state index contributed by atoms with van der Waals surface area (Å²) < 4.78 is 5.57. The van der Waals surface area contributed by atoms with Crippen molar-refractivity contribution in [3.63, 3.8) is 0 Å². The summed E-state index contributed by atoms with van der Waals surface area (Å²) in [5.74, 6) is -0.125. The van der Waals surface area contributed by atoms with Crippen LogP contribution in [0.5, 0.6) is 0 Å². The fraction of sp³-hybridized carbons (Fsp3) is 0.593. The summed E-state index contributed by atoms with van der Waals surface area (Å²) in [6, 6.07) is 7.97. The number of nitrogens with one attached hydrogen (secondary N) is 1. The molecule has 0 radical (unpaired) electrons. The van der Waals surface area contributed by atoms with Gasteiger partial charge in [0.2, 0.25) is 0 Å². The van der Waals surface area contributed by atoms with Gasteiger partial charge in [-0.1, -0.05) is 64.7 Å². The smallest absolute Gasteiger partial charge is 0.339 e. The van der Waals surface area contributed by atoms with Gasteiger partial charge in [0.1, 0.15) is 0 Å². The molecule has 2 aliphatic rings. The summed E-state index contributed by atoms with van der Waals surface area (Å²) in [6.07, 6.45) is 9.42. The molecule has 2 aromatic rings. The fourth-order valence-corrected chi connectivity index (χ4v) is 5.30. The number of benzene rings is 1. The van der Waals surface area contributed by atoms with Crippen LogP contribution in [-0.4, -0.2) is 29.5 Å². The molecule has 2 aliphatic carbocycles. The van der Waals surface area contributed by atoms with Crippen molar-refractivity contribution < 1.29 is 14.3 Å². The van der Waals surface area contributed by atoms with Gasteiger partial charge in [-0.2, -0.15) is 0 Å². The van der Waals surface area contributed by atoms with Crippen molar-refractivity contribution in [3.8, 4) is 0 Å². The van der Waals surface area contributed by atoms with Gasteiger partial charge in [-0.25, -0.2) is 4.79 Å². The topological polar surface area (TPSA) is 68.3 Å². The van der Waals surface area contributed by atoms with Gasteiger partial charge in [0.15, 0.2) is 6.61 Å². The Morgan fingerprint density at radius 1 is 1.12 bits per heavy atom. The van der Waals surface area contributed by atoms with Crippen molar-refractivity contribution >= 4 is 22.8 Å². The Morgan fingerprint density at radius 2 is 1.88 bits per heavy atom. The Bertz CT molecular complexity index is 992. The molecule has 1 aromatic carbocycles. The van der Waals surface area contributed by atoms with Crippen molar-refractivity contribution in [2.75, 3.05) is 6.61 Å². The van der Waals surface area contributed by atoms with Crippen molar-refractivity contribution in [1.82, 2.24) is 10.3 Å². The molecule has 1 N–H and O–H groups in total. The zero-order chi connectivity index (χ0) is 22.7. The Hall–Kier alpha value is -2.43. The number of nitrogens with zero attached hydrogens (tertiary/aromatic N) is 1. The number of amides is 1. The number of ether oxygens (including phenoxy) is 1. The van der Waals surface area contributed by atoms with E-state index in [1.807, 2.05) is 24.3 Å². The van der Waals surface area contributed by atoms with E-state index in [1.54, 1.807) is 0 Å². The molecule has 5 nitrogen and oxygen atoms in total. The van der Waals surface area contributed by atoms with Gasteiger partial charge in [-0.3, -0.25) is 9.78 Å². The molecule has 1 atom stereocenters. The molecule has 0 aliphatic heterocycles. The first kappa shape index (κ1) is 22.8. The van der Waals surface area contributed by atoms with E-state index in [0.29, 0.717) is 11.5 Å². The molecule has 4 rings (SSSR count). The Kier molecular flexibility index (Phi) is 6.82. The maximum absolute atomic E-state index is 13.3. The summed E-state index contributed by atoms with van der Waals surface area (Å²) in [5, 5.41) is 3.85. The minimum absolute atomic E-state index is 0.199. The largest absolute Gasteiger partial charge is 0.452 e. The van der Waals surface area contributed by atoms with Crippen molar-refractivity contribution in [2.24, 2.45) is 11.3 Å². The van der Waals surface area contributed by atoms with Gasteiger partial charge in [0.25, 0.3) is 5.91 Å². The molecule has 1 unspecified atom stereocenters. The fourth-order valence-electron chi connectivity index (χ4n) is 5.30. The van der Waals surface area contributed by atoms with Crippen LogP contribution in [-0.2, 0) is 22.4 Å². The number of hydrogen-bond acceptors (Lipinski definition) is 4. The second-order valence-electron chi connectivity index (χ2n) is 10.2. The summed E-state index contributed by atoms with van der Waals surface area (Å²) >= 11 is 0. The molecule has 5 heteroatoms. The van der Waals surface area contributed by atoms with E-state index in [2.05, 4.69) is 26.1 Å². The highest BCUT2D eigenvalue weighted by Crippen LogP contribution is 2.41. The van der Waals surface area contributed by atoms with Crippen LogP contribution in [0.1, 0.15) is 87.3 Å². The van der Waals surface area contributed by atoms with Gasteiger partial charge in [0, 0.05) is 17.1 Å². The first-order valence-electron chi connectivity index (χ1n) is 12.3. The minimum atomic E-state index is -0.409. The Morgan fingerprint density at radius 3 is 2.62 bits per heavy atom. The van der Waals surface area contributed by atoms with Gasteiger partial charge < -0.3 is 10.1 Å². The van der Waals surface area contributed by atoms with Crippen LogP contribution in [0.3, 0.4) is 0 Å². The quantitative estimate of drug-likeness (QED) is 0.617. The van der Waals surface area contributed by atoms with Gasteiger partial charge in [0.05, 0.1) is 11.1 Å². The van der Waals surface area contributed by atoms with Gasteiger partial charge in [-0.05, 0) is 55.1 Å². The van der Waals surface area contributed by atoms with Crippen LogP contribution < -0.4 is 5.32 Å². The molecule has 0 spiro atoms. The molecule has 1 fully saturated rings. The molecule has 1 amide bonds. The SMILES string of the molecule is CCC(C)(C)C1CCc2nc3ccccc3c(C(=O)OCC(=O)NC3CCCCC3)c2C1. The third-order valence-electron chi connectivity index (χ3n) is 7.78. The van der Waals surface area contributed by atoms with E-state index in [1.165, 1.54) is 6.42 Å². The third kappa shape index (κ3) is 4.82. The maximum atomic E-state index is 13.3. The van der Waals surface area contributed by atoms with Crippen LogP contribution in [0.2, 0.25) is 0 Å². The highest BCUT2D eigenvalue weighted by Gasteiger charge is 2.34. The number of pyridine rings is 1. The number of rotatable bonds is 6. The lowest BCUT2D eigenvalue weighted by Gasteiger charge is -2.37. The minimum Gasteiger partial charge on any atom is -0.452 e. The molecule has 172 valence electrons. The van der Waals surface area contributed by atoms with E-state index in [-0.39, 0.29) is 24.0 Å². The van der Waals surface area contributed by atoms with Crippen molar-refractivity contribution in [2.45, 2.75) is 84.6 Å². The van der Waals surface area contributed by atoms with E-state index >= 15 is 0 Å². The summed E-state index contributed by atoms with van der Waals surface area (Å²) in [5.41, 5.74) is 3.64. The van der Waals surface area contributed by atoms with Crippen LogP contribution in [0.25, 0.3) is 10.9 Å². The van der Waals surface area contributed by atoms with Crippen LogP contribution >= 0.6 is 0 Å². The van der Waals surface area contributed by atoms with E-state index in [9.17, 15) is 9.59 Å². The average Bonchev–Trinajstić information content (AvgIpc) is 2.81. The number of para-hydroxylation sites is 1. The summed E-state index contributed by atoms with van der Waals surface area (Å²) in [7, 11) is 0. The van der Waals surface area contributed by atoms with Crippen LogP contribution in [0.15, 0.2) is 24.3 Å². The normalized spacial score (nSPS) is 19.4. The van der Waals surface area contributed by atoms with Crippen LogP contribution in [0.4, 0.5) is 0 Å². The third-order valence-corrected chi connectivity index (χ3v) is 7.78. The highest BCUT2D eigenvalue weighted by atomic mass is 16.5. The number of carbonyl (C=O) groups is 2. The lowest BCUT2D eigenvalue weighted by atomic mass is 9.68. The molecule has 32 heavy (non-hydrogen) atoms. The first-order valence-corrected chi connectivity index (χ1v) is 12.3. The average molecular weight is 437 g/mol. The molecule has 0 bridgehead atoms. The second-order valence-corrected chi connectivity index (χ2v) is 10.2. The Balaban J connectivity index is 1.57. The van der Waals surface area contributed by atoms with E-state index < -0.39 is 5.97 Å². The standard InChI is InChI=1S/C27H36N2O3/c1-4-27(2,3)18-14-15-23-21(16-18)25(20-12-8-9-13-22(20)29-23)26(31)32-17-24(30)28-19-10-6-5-7-11-19/h8-9,12-13,18-19H,4-7,10-11,14-17H2,1-3H3,(H,28,30). The number of aromatic nitrogens is 1. The Labute approximate surface area is 191 Å². The molecule has 1 heterocycles. The highest BCUT2D eigenvalue weighted by molar-refractivity contribution is 6.05. The predicted octanol–water partition coefficient (Wildman–Crippen LogP) is 5.38. The number of esters is 1. The number of aryl methyl sites for hydroxylation is 1. The van der Waals surface area contributed by atoms with Crippen molar-refractivity contribution in [3.05, 3.63) is 41.1 Å². The van der Waals surface area contributed by atoms with Crippen molar-refractivity contribution in [1.29, 1.82) is 0 Å². The first-order chi connectivity index (χ1) is 15.4. The summed E-state index contributed by atoms with van der Waals surface area (Å²) in [6.45, 7) is 6.62. The zero-order valence-electron chi connectivity index (χ0n) is 19.7. The maximum Gasteiger partial charge on any atom is 0.339 e. The second kappa shape index (κ2) is 9.60. The van der Waals surface area contributed by atoms with Crippen LogP contribution in [0, 0.1) is 11.3 Å². The number of carbonyl (C=O) groups excluding carboxylic acids is 2. The van der Waals surface area contributed by atoms with Gasteiger partial charge in [-0.15, -0.1) is 0 Å². The number of hydrogen-bond donors (Lipinski definition) is 1. The molecule has 0 saturated heterocycles. The lowest BCUT2D eigenvalue weighted by molar-refractivity contribution is -0.125. The molecular weight excluding hydrogens is 400 g/mol. The van der Waals surface area contributed by atoms with Gasteiger partial charge >= 0.3 is 5.97 Å². The zero-order valence-corrected chi connectivity index (χ0v) is 19.7. The lowest BCUT2D eigenvalue weighted by Crippen LogP contribution is -2.38. The summed E-state index contributed by atoms with van der Waals surface area (Å²) in [4.78, 5) is 30.6. The molecule has 1 saturated carbocycles. The van der Waals surface area contributed by atoms with E-state index in [4.69, 9.17) is 9.72 Å². The molecular formula is C27H36N2O3. The molecule has 1 aromatic heterocycles. The van der Waals surface area contributed by atoms with E-state index in [0.717, 1.165) is 73.5 Å². The monoisotopic (exact) mass is 436 g/mol. The predicted molar refractivity (Wildman–Crippen MR) is 127 cm³/mol.